The van der Waals surface area contributed by atoms with E-state index in [2.05, 4.69) is 41.8 Å². The topological polar surface area (TPSA) is 14.2 Å². The second-order valence-electron chi connectivity index (χ2n) is 5.44. The molecule has 0 amide bonds. The molecule has 2 nitrogen and oxygen atoms in total. The lowest BCUT2D eigenvalue weighted by molar-refractivity contribution is 0.301. The van der Waals surface area contributed by atoms with E-state index in [0.29, 0.717) is 6.61 Å². The van der Waals surface area contributed by atoms with Crippen LogP contribution in [0.1, 0.15) is 12.5 Å². The molecule has 2 heterocycles. The van der Waals surface area contributed by atoms with E-state index in [-0.39, 0.29) is 0 Å². The number of fused-ring (bicyclic) bond motifs is 3. The Morgan fingerprint density at radius 1 is 1.09 bits per heavy atom. The average molecular weight is 310 g/mol. The van der Waals surface area contributed by atoms with E-state index < -0.39 is 0 Å². The maximum absolute atomic E-state index is 6.01. The van der Waals surface area contributed by atoms with E-state index in [1.807, 2.05) is 24.3 Å². The zero-order valence-corrected chi connectivity index (χ0v) is 13.1. The Labute approximate surface area is 134 Å². The largest absolute Gasteiger partial charge is 0.488 e. The molecule has 0 radical (unpaired) electrons. The van der Waals surface area contributed by atoms with E-state index in [4.69, 9.17) is 16.3 Å². The minimum atomic E-state index is 0.625. The van der Waals surface area contributed by atoms with Gasteiger partial charge in [-0.25, -0.2) is 0 Å². The van der Waals surface area contributed by atoms with Crippen LogP contribution in [0.2, 0.25) is 5.02 Å². The quantitative estimate of drug-likeness (QED) is 0.619. The fraction of sp³-hybridized carbons (Fsp3) is 0.158. The van der Waals surface area contributed by atoms with Crippen LogP contribution in [0.5, 0.6) is 5.75 Å². The number of para-hydroxylation sites is 1. The number of halogens is 1. The molecule has 0 N–H and O–H groups in total. The Hall–Kier alpha value is -2.19. The third-order valence-corrected chi connectivity index (χ3v) is 4.41. The van der Waals surface area contributed by atoms with Crippen LogP contribution in [0, 0.1) is 0 Å². The third kappa shape index (κ3) is 2.03. The molecular weight excluding hydrogens is 294 g/mol. The highest BCUT2D eigenvalue weighted by Crippen LogP contribution is 2.41. The highest BCUT2D eigenvalue weighted by atomic mass is 35.5. The first-order valence-electron chi connectivity index (χ1n) is 7.48. The standard InChI is InChI=1S/C19H16ClNO/c1-2-21-17(13-7-9-15(20)10-8-13)11-14-12-22-18-6-4-3-5-16(18)19(14)21/h3-11H,2,12H2,1H3. The molecule has 1 aliphatic heterocycles. The second kappa shape index (κ2) is 5.22. The summed E-state index contributed by atoms with van der Waals surface area (Å²) in [5, 5.41) is 0.761. The van der Waals surface area contributed by atoms with Crippen molar-refractivity contribution in [2.45, 2.75) is 20.1 Å². The van der Waals surface area contributed by atoms with E-state index in [9.17, 15) is 0 Å². The molecule has 0 fully saturated rings. The highest BCUT2D eigenvalue weighted by molar-refractivity contribution is 6.30. The van der Waals surface area contributed by atoms with Crippen molar-refractivity contribution in [2.75, 3.05) is 0 Å². The monoisotopic (exact) mass is 309 g/mol. The molecule has 0 aliphatic carbocycles. The fourth-order valence-electron chi connectivity index (χ4n) is 3.17. The lowest BCUT2D eigenvalue weighted by atomic mass is 10.0. The zero-order chi connectivity index (χ0) is 15.1. The van der Waals surface area contributed by atoms with Crippen molar-refractivity contribution in [2.24, 2.45) is 0 Å². The maximum Gasteiger partial charge on any atom is 0.129 e. The smallest absolute Gasteiger partial charge is 0.129 e. The molecule has 4 rings (SSSR count). The molecule has 0 bridgehead atoms. The molecule has 1 aromatic heterocycles. The van der Waals surface area contributed by atoms with Crippen LogP contribution in [0.3, 0.4) is 0 Å². The number of ether oxygens (including phenoxy) is 1. The van der Waals surface area contributed by atoms with Crippen LogP contribution < -0.4 is 4.74 Å². The van der Waals surface area contributed by atoms with Gasteiger partial charge in [0.2, 0.25) is 0 Å². The van der Waals surface area contributed by atoms with Crippen molar-refractivity contribution in [1.29, 1.82) is 0 Å². The molecule has 0 unspecified atom stereocenters. The molecule has 0 atom stereocenters. The first-order valence-corrected chi connectivity index (χ1v) is 7.86. The predicted molar refractivity (Wildman–Crippen MR) is 90.3 cm³/mol. The summed E-state index contributed by atoms with van der Waals surface area (Å²) < 4.78 is 8.24. The molecule has 3 heteroatoms. The Balaban J connectivity index is 1.94. The van der Waals surface area contributed by atoms with Gasteiger partial charge in [-0.3, -0.25) is 0 Å². The van der Waals surface area contributed by atoms with Crippen LogP contribution in [0.4, 0.5) is 0 Å². The van der Waals surface area contributed by atoms with Crippen LogP contribution in [0.25, 0.3) is 22.5 Å². The fourth-order valence-corrected chi connectivity index (χ4v) is 3.29. The van der Waals surface area contributed by atoms with E-state index in [0.717, 1.165) is 17.3 Å². The van der Waals surface area contributed by atoms with Crippen LogP contribution >= 0.6 is 11.6 Å². The SMILES string of the molecule is CCn1c(-c2ccc(Cl)cc2)cc2c1-c1ccccc1OC2. The van der Waals surface area contributed by atoms with Gasteiger partial charge in [0.1, 0.15) is 12.4 Å². The summed E-state index contributed by atoms with van der Waals surface area (Å²) in [4.78, 5) is 0. The van der Waals surface area contributed by atoms with Crippen LogP contribution in [-0.2, 0) is 13.2 Å². The van der Waals surface area contributed by atoms with Gasteiger partial charge in [0, 0.05) is 28.4 Å². The molecule has 0 saturated heterocycles. The van der Waals surface area contributed by atoms with Gasteiger partial charge in [-0.2, -0.15) is 0 Å². The molecule has 110 valence electrons. The Bertz CT molecular complexity index is 833. The number of benzene rings is 2. The van der Waals surface area contributed by atoms with Gasteiger partial charge >= 0.3 is 0 Å². The van der Waals surface area contributed by atoms with Crippen molar-refractivity contribution < 1.29 is 4.74 Å². The predicted octanol–water partition coefficient (Wildman–Crippen LogP) is 5.39. The van der Waals surface area contributed by atoms with Crippen molar-refractivity contribution in [1.82, 2.24) is 4.57 Å². The summed E-state index contributed by atoms with van der Waals surface area (Å²) >= 11 is 6.01. The van der Waals surface area contributed by atoms with E-state index >= 15 is 0 Å². The highest BCUT2D eigenvalue weighted by Gasteiger charge is 2.23. The number of hydrogen-bond acceptors (Lipinski definition) is 1. The number of hydrogen-bond donors (Lipinski definition) is 0. The summed E-state index contributed by atoms with van der Waals surface area (Å²) in [5.41, 5.74) is 6.08. The normalized spacial score (nSPS) is 12.5. The van der Waals surface area contributed by atoms with Crippen LogP contribution in [-0.4, -0.2) is 4.57 Å². The van der Waals surface area contributed by atoms with Gasteiger partial charge in [0.25, 0.3) is 0 Å². The summed E-state index contributed by atoms with van der Waals surface area (Å²) in [6, 6.07) is 18.5. The van der Waals surface area contributed by atoms with Crippen molar-refractivity contribution >= 4 is 11.6 Å². The Morgan fingerprint density at radius 3 is 2.64 bits per heavy atom. The number of nitrogens with zero attached hydrogens (tertiary/aromatic N) is 1. The van der Waals surface area contributed by atoms with Crippen LogP contribution in [0.15, 0.2) is 54.6 Å². The van der Waals surface area contributed by atoms with Crippen molar-refractivity contribution in [3.05, 3.63) is 65.2 Å². The van der Waals surface area contributed by atoms with Crippen molar-refractivity contribution in [3.8, 4) is 28.3 Å². The minimum absolute atomic E-state index is 0.625. The second-order valence-corrected chi connectivity index (χ2v) is 5.88. The van der Waals surface area contributed by atoms with Crippen molar-refractivity contribution in [3.63, 3.8) is 0 Å². The Kier molecular flexibility index (Phi) is 3.20. The summed E-state index contributed by atoms with van der Waals surface area (Å²) in [7, 11) is 0. The lowest BCUT2D eigenvalue weighted by Gasteiger charge is -2.20. The molecule has 1 aliphatic rings. The first-order chi connectivity index (χ1) is 10.8. The average Bonchev–Trinajstić information content (AvgIpc) is 2.94. The molecule has 22 heavy (non-hydrogen) atoms. The van der Waals surface area contributed by atoms with Gasteiger partial charge in [0.15, 0.2) is 0 Å². The third-order valence-electron chi connectivity index (χ3n) is 4.16. The maximum atomic E-state index is 6.01. The minimum Gasteiger partial charge on any atom is -0.488 e. The molecule has 2 aromatic carbocycles. The summed E-state index contributed by atoms with van der Waals surface area (Å²) in [6.07, 6.45) is 0. The molecular formula is C19H16ClNO. The molecule has 3 aromatic rings. The van der Waals surface area contributed by atoms with Gasteiger partial charge in [-0.05, 0) is 42.8 Å². The first kappa shape index (κ1) is 13.5. The van der Waals surface area contributed by atoms with Gasteiger partial charge in [-0.1, -0.05) is 35.9 Å². The number of aromatic nitrogens is 1. The van der Waals surface area contributed by atoms with E-state index in [1.165, 1.54) is 28.1 Å². The summed E-state index contributed by atoms with van der Waals surface area (Å²) in [5.74, 6) is 0.963. The van der Waals surface area contributed by atoms with Gasteiger partial charge in [0.05, 0.1) is 5.69 Å². The lowest BCUT2D eigenvalue weighted by Crippen LogP contribution is -2.07. The zero-order valence-electron chi connectivity index (χ0n) is 12.3. The summed E-state index contributed by atoms with van der Waals surface area (Å²) in [6.45, 7) is 3.72. The number of rotatable bonds is 2. The Morgan fingerprint density at radius 2 is 1.86 bits per heavy atom. The molecule has 0 saturated carbocycles. The van der Waals surface area contributed by atoms with E-state index in [1.54, 1.807) is 0 Å². The van der Waals surface area contributed by atoms with Gasteiger partial charge < -0.3 is 9.30 Å². The molecule has 0 spiro atoms. The van der Waals surface area contributed by atoms with Gasteiger partial charge in [-0.15, -0.1) is 0 Å².